The van der Waals surface area contributed by atoms with Crippen molar-refractivity contribution in [3.63, 3.8) is 0 Å². The molecular formula is C76H56N4O. The molecule has 13 rings (SSSR count). The number of para-hydroxylation sites is 4. The minimum atomic E-state index is -0.817. The van der Waals surface area contributed by atoms with Crippen molar-refractivity contribution in [1.82, 2.24) is 0 Å². The largest absolute Gasteiger partial charge is 0.356 e. The summed E-state index contributed by atoms with van der Waals surface area (Å²) in [5.41, 5.74) is 21.0. The average molecular weight is 1040 g/mol. The summed E-state index contributed by atoms with van der Waals surface area (Å²) >= 11 is 0. The van der Waals surface area contributed by atoms with Crippen molar-refractivity contribution in [1.29, 1.82) is 0 Å². The molecule has 0 atom stereocenters. The summed E-state index contributed by atoms with van der Waals surface area (Å²) in [6.07, 6.45) is 0. The summed E-state index contributed by atoms with van der Waals surface area (Å²) in [5.74, 6) is -0.160. The van der Waals surface area contributed by atoms with Crippen molar-refractivity contribution in [2.24, 2.45) is 0 Å². The van der Waals surface area contributed by atoms with Crippen molar-refractivity contribution in [3.05, 3.63) is 355 Å². The fourth-order valence-corrected chi connectivity index (χ4v) is 11.6. The summed E-state index contributed by atoms with van der Waals surface area (Å²) in [6.45, 7) is 4.41. The Morgan fingerprint density at radius 3 is 0.988 bits per heavy atom. The van der Waals surface area contributed by atoms with Crippen molar-refractivity contribution < 1.29 is 4.79 Å². The summed E-state index contributed by atoms with van der Waals surface area (Å²) in [6, 6.07) is 111. The zero-order valence-electron chi connectivity index (χ0n) is 44.5. The number of hydrogen-bond acceptors (Lipinski definition) is 4. The first-order valence-electron chi connectivity index (χ1n) is 27.4. The van der Waals surface area contributed by atoms with Crippen LogP contribution < -0.4 is 20.4 Å². The fraction of sp³-hybridized carbons (Fsp3) is 0.0132. The second-order valence-corrected chi connectivity index (χ2v) is 20.3. The quantitative estimate of drug-likeness (QED) is 0.107. The standard InChI is InChI=1S/C76H56N4O/c1-54(55-20-8-2-9-21-55)77-63-42-38-61(39-43-63)76(62-40-44-64(45-41-62)78-75(81)58-22-10-3-11-23-58)73-52-59(56-32-46-69(47-33-56)79(65-24-12-4-13-25-65)66-26-14-5-15-27-66)36-50-71(73)72-51-37-60(53-74(72)76)57-34-48-70(49-35-57)80(67-28-16-6-17-29-67)68-30-18-7-19-31-68/h2-53,77H,1H2,(H,78,81). The lowest BCUT2D eigenvalue weighted by Gasteiger charge is -2.34. The van der Waals surface area contributed by atoms with Crippen LogP contribution in [0.2, 0.25) is 0 Å². The van der Waals surface area contributed by atoms with E-state index in [1.807, 2.05) is 60.7 Å². The molecule has 0 spiro atoms. The van der Waals surface area contributed by atoms with Crippen LogP contribution in [0, 0.1) is 0 Å². The zero-order chi connectivity index (χ0) is 54.5. The third-order valence-corrected chi connectivity index (χ3v) is 15.5. The van der Waals surface area contributed by atoms with Gasteiger partial charge in [0.2, 0.25) is 0 Å². The third-order valence-electron chi connectivity index (χ3n) is 15.5. The molecule has 0 heterocycles. The van der Waals surface area contributed by atoms with E-state index in [-0.39, 0.29) is 5.91 Å². The Balaban J connectivity index is 0.961. The molecule has 12 aromatic rings. The van der Waals surface area contributed by atoms with Crippen LogP contribution in [0.3, 0.4) is 0 Å². The highest BCUT2D eigenvalue weighted by Crippen LogP contribution is 2.58. The van der Waals surface area contributed by atoms with Crippen LogP contribution in [-0.2, 0) is 5.41 Å². The number of amides is 1. The Kier molecular flexibility index (Phi) is 13.5. The van der Waals surface area contributed by atoms with Crippen LogP contribution in [0.5, 0.6) is 0 Å². The monoisotopic (exact) mass is 1040 g/mol. The molecule has 5 nitrogen and oxygen atoms in total. The smallest absolute Gasteiger partial charge is 0.255 e. The lowest BCUT2D eigenvalue weighted by molar-refractivity contribution is 0.102. The maximum absolute atomic E-state index is 13.6. The fourth-order valence-electron chi connectivity index (χ4n) is 11.6. The van der Waals surface area contributed by atoms with E-state index in [0.29, 0.717) is 11.3 Å². The molecule has 5 heteroatoms. The van der Waals surface area contributed by atoms with E-state index in [0.717, 1.165) is 95.6 Å². The van der Waals surface area contributed by atoms with Gasteiger partial charge in [-0.05, 0) is 183 Å². The Labute approximate surface area is 474 Å². The van der Waals surface area contributed by atoms with Gasteiger partial charge in [-0.2, -0.15) is 0 Å². The van der Waals surface area contributed by atoms with Gasteiger partial charge in [-0.25, -0.2) is 0 Å². The number of hydrogen-bond donors (Lipinski definition) is 2. The molecule has 1 amide bonds. The maximum Gasteiger partial charge on any atom is 0.255 e. The van der Waals surface area contributed by atoms with E-state index in [9.17, 15) is 4.79 Å². The second-order valence-electron chi connectivity index (χ2n) is 20.3. The van der Waals surface area contributed by atoms with Gasteiger partial charge in [0, 0.05) is 56.8 Å². The second kappa shape index (κ2) is 21.9. The molecule has 0 saturated heterocycles. The lowest BCUT2D eigenvalue weighted by atomic mass is 9.67. The predicted octanol–water partition coefficient (Wildman–Crippen LogP) is 19.7. The lowest BCUT2D eigenvalue weighted by Crippen LogP contribution is -2.29. The van der Waals surface area contributed by atoms with Gasteiger partial charge in [-0.1, -0.05) is 201 Å². The number of carbonyl (C=O) groups excluding carboxylic acids is 1. The molecule has 1 aliphatic carbocycles. The normalized spacial score (nSPS) is 11.9. The number of nitrogens with one attached hydrogen (secondary N) is 2. The van der Waals surface area contributed by atoms with Gasteiger partial charge < -0.3 is 20.4 Å². The number of anilines is 8. The van der Waals surface area contributed by atoms with Gasteiger partial charge in [-0.3, -0.25) is 4.79 Å². The van der Waals surface area contributed by atoms with Gasteiger partial charge in [0.25, 0.3) is 5.91 Å². The first-order valence-corrected chi connectivity index (χ1v) is 27.4. The molecule has 0 unspecified atom stereocenters. The van der Waals surface area contributed by atoms with Crippen LogP contribution in [0.4, 0.5) is 45.5 Å². The minimum Gasteiger partial charge on any atom is -0.356 e. The summed E-state index contributed by atoms with van der Waals surface area (Å²) in [5, 5.41) is 6.76. The predicted molar refractivity (Wildman–Crippen MR) is 337 cm³/mol. The summed E-state index contributed by atoms with van der Waals surface area (Å²) in [7, 11) is 0. The molecule has 0 bridgehead atoms. The van der Waals surface area contributed by atoms with E-state index in [1.165, 1.54) is 11.1 Å². The highest BCUT2D eigenvalue weighted by Gasteiger charge is 2.46. The van der Waals surface area contributed by atoms with E-state index < -0.39 is 5.41 Å². The highest BCUT2D eigenvalue weighted by atomic mass is 16.1. The molecular weight excluding hydrogens is 985 g/mol. The van der Waals surface area contributed by atoms with Gasteiger partial charge in [0.1, 0.15) is 0 Å². The zero-order valence-corrected chi connectivity index (χ0v) is 44.5. The van der Waals surface area contributed by atoms with Gasteiger partial charge in [-0.15, -0.1) is 0 Å². The topological polar surface area (TPSA) is 47.6 Å². The van der Waals surface area contributed by atoms with Crippen LogP contribution in [0.25, 0.3) is 39.1 Å². The van der Waals surface area contributed by atoms with Crippen molar-refractivity contribution >= 4 is 57.1 Å². The molecule has 2 N–H and O–H groups in total. The molecule has 0 fully saturated rings. The first kappa shape index (κ1) is 49.8. The Morgan fingerprint density at radius 2 is 0.617 bits per heavy atom. The van der Waals surface area contributed by atoms with E-state index >= 15 is 0 Å². The van der Waals surface area contributed by atoms with Crippen LogP contribution in [0.1, 0.15) is 38.2 Å². The first-order chi connectivity index (χ1) is 40.0. The van der Waals surface area contributed by atoms with Gasteiger partial charge >= 0.3 is 0 Å². The number of rotatable bonds is 15. The minimum absolute atomic E-state index is 0.160. The molecule has 386 valence electrons. The highest BCUT2D eigenvalue weighted by molar-refractivity contribution is 6.04. The molecule has 0 aliphatic heterocycles. The van der Waals surface area contributed by atoms with Gasteiger partial charge in [0.05, 0.1) is 5.41 Å². The van der Waals surface area contributed by atoms with Crippen LogP contribution >= 0.6 is 0 Å². The van der Waals surface area contributed by atoms with E-state index in [4.69, 9.17) is 0 Å². The van der Waals surface area contributed by atoms with Crippen LogP contribution in [0.15, 0.2) is 322 Å². The molecule has 81 heavy (non-hydrogen) atoms. The summed E-state index contributed by atoms with van der Waals surface area (Å²) < 4.78 is 0. The molecule has 12 aromatic carbocycles. The average Bonchev–Trinajstić information content (AvgIpc) is 3.00. The van der Waals surface area contributed by atoms with Crippen LogP contribution in [-0.4, -0.2) is 5.91 Å². The van der Waals surface area contributed by atoms with Crippen molar-refractivity contribution in [3.8, 4) is 33.4 Å². The molecule has 0 saturated carbocycles. The maximum atomic E-state index is 13.6. The SMILES string of the molecule is C=C(Nc1ccc(C2(c3ccc(NC(=O)c4ccccc4)cc3)c3cc(-c4ccc(N(c5ccccc5)c5ccccc5)cc4)ccc3-c3ccc(-c4ccc(N(c5ccccc5)c5ccccc5)cc4)cc32)cc1)c1ccccc1. The molecule has 0 aromatic heterocycles. The van der Waals surface area contributed by atoms with Crippen molar-refractivity contribution in [2.45, 2.75) is 5.41 Å². The van der Waals surface area contributed by atoms with E-state index in [2.05, 4.69) is 282 Å². The number of fused-ring (bicyclic) bond motifs is 3. The Morgan fingerprint density at radius 1 is 0.309 bits per heavy atom. The molecule has 1 aliphatic rings. The third kappa shape index (κ3) is 9.75. The van der Waals surface area contributed by atoms with Gasteiger partial charge in [0.15, 0.2) is 0 Å². The van der Waals surface area contributed by atoms with Crippen molar-refractivity contribution in [2.75, 3.05) is 20.4 Å². The number of nitrogens with zero attached hydrogens (tertiary/aromatic N) is 2. The Hall–Kier alpha value is -10.8. The Bertz CT molecular complexity index is 3780. The number of carbonyl (C=O) groups is 1. The summed E-state index contributed by atoms with van der Waals surface area (Å²) in [4.78, 5) is 18.2. The van der Waals surface area contributed by atoms with E-state index in [1.54, 1.807) is 0 Å². The number of benzene rings is 12. The molecule has 0 radical (unpaired) electrons.